The second-order valence-corrected chi connectivity index (χ2v) is 6.64. The van der Waals surface area contributed by atoms with Crippen LogP contribution in [-0.2, 0) is 0 Å². The van der Waals surface area contributed by atoms with E-state index in [-0.39, 0.29) is 5.28 Å². The molecule has 1 aliphatic carbocycles. The molecule has 0 N–H and O–H groups in total. The molecule has 0 aromatic carbocycles. The largest absolute Gasteiger partial charge is 0.463 e. The van der Waals surface area contributed by atoms with E-state index in [0.717, 1.165) is 12.3 Å². The third kappa shape index (κ3) is 4.80. The van der Waals surface area contributed by atoms with E-state index in [1.54, 1.807) is 11.8 Å². The van der Waals surface area contributed by atoms with Crippen LogP contribution in [0.3, 0.4) is 0 Å². The lowest BCUT2D eigenvalue weighted by molar-refractivity contribution is 0.288. The van der Waals surface area contributed by atoms with Gasteiger partial charge in [-0.25, -0.2) is 0 Å². The van der Waals surface area contributed by atoms with Crippen LogP contribution < -0.4 is 4.74 Å². The third-order valence-electron chi connectivity index (χ3n) is 3.16. The van der Waals surface area contributed by atoms with Crippen molar-refractivity contribution >= 4 is 23.4 Å². The summed E-state index contributed by atoms with van der Waals surface area (Å²) in [6, 6.07) is 0.341. The lowest BCUT2D eigenvalue weighted by atomic mass is 9.91. The lowest BCUT2D eigenvalue weighted by Gasteiger charge is -2.25. The first-order valence-corrected chi connectivity index (χ1v) is 8.14. The van der Waals surface area contributed by atoms with Gasteiger partial charge in [0, 0.05) is 5.25 Å². The SMILES string of the molecule is CCCOc1nc(Cl)nc(SC2CCCC(C)C2)n1. The van der Waals surface area contributed by atoms with E-state index in [1.807, 2.05) is 6.92 Å². The summed E-state index contributed by atoms with van der Waals surface area (Å²) < 4.78 is 5.43. The molecule has 6 heteroatoms. The van der Waals surface area contributed by atoms with Gasteiger partial charge in [-0.1, -0.05) is 38.5 Å². The Morgan fingerprint density at radius 3 is 2.89 bits per heavy atom. The molecule has 0 amide bonds. The zero-order valence-electron chi connectivity index (χ0n) is 11.4. The van der Waals surface area contributed by atoms with Crippen LogP contribution in [0.2, 0.25) is 5.28 Å². The molecule has 2 unspecified atom stereocenters. The quantitative estimate of drug-likeness (QED) is 0.823. The monoisotopic (exact) mass is 301 g/mol. The highest BCUT2D eigenvalue weighted by Crippen LogP contribution is 2.35. The number of ether oxygens (including phenoxy) is 1. The summed E-state index contributed by atoms with van der Waals surface area (Å²) >= 11 is 7.62. The van der Waals surface area contributed by atoms with Gasteiger partial charge in [-0.3, -0.25) is 0 Å². The molecule has 2 rings (SSSR count). The Kier molecular flexibility index (Phi) is 5.70. The van der Waals surface area contributed by atoms with Crippen molar-refractivity contribution in [1.82, 2.24) is 15.0 Å². The number of thioether (sulfide) groups is 1. The van der Waals surface area contributed by atoms with Crippen molar-refractivity contribution in [3.8, 4) is 6.01 Å². The van der Waals surface area contributed by atoms with E-state index in [2.05, 4.69) is 21.9 Å². The van der Waals surface area contributed by atoms with Gasteiger partial charge in [0.05, 0.1) is 6.61 Å². The Morgan fingerprint density at radius 2 is 2.16 bits per heavy atom. The van der Waals surface area contributed by atoms with E-state index in [0.29, 0.717) is 23.0 Å². The number of halogens is 1. The van der Waals surface area contributed by atoms with Gasteiger partial charge in [0.25, 0.3) is 0 Å². The Labute approximate surface area is 123 Å². The summed E-state index contributed by atoms with van der Waals surface area (Å²) in [6.07, 6.45) is 5.99. The van der Waals surface area contributed by atoms with Crippen molar-refractivity contribution in [3.05, 3.63) is 5.28 Å². The fourth-order valence-corrected chi connectivity index (χ4v) is 3.74. The van der Waals surface area contributed by atoms with Crippen LogP contribution in [0.1, 0.15) is 46.0 Å². The van der Waals surface area contributed by atoms with Crippen LogP contribution in [0.25, 0.3) is 0 Å². The van der Waals surface area contributed by atoms with Crippen molar-refractivity contribution in [2.24, 2.45) is 5.92 Å². The number of nitrogens with zero attached hydrogens (tertiary/aromatic N) is 3. The fourth-order valence-electron chi connectivity index (χ4n) is 2.26. The summed E-state index contributed by atoms with van der Waals surface area (Å²) in [6.45, 7) is 4.95. The second kappa shape index (κ2) is 7.29. The molecule has 2 atom stereocenters. The molecular formula is C13H20ClN3OS. The molecule has 19 heavy (non-hydrogen) atoms. The third-order valence-corrected chi connectivity index (χ3v) is 4.49. The fraction of sp³-hybridized carbons (Fsp3) is 0.769. The highest BCUT2D eigenvalue weighted by molar-refractivity contribution is 7.99. The lowest BCUT2D eigenvalue weighted by Crippen LogP contribution is -2.15. The Balaban J connectivity index is 2.00. The average molecular weight is 302 g/mol. The maximum absolute atomic E-state index is 5.92. The summed E-state index contributed by atoms with van der Waals surface area (Å²) in [7, 11) is 0. The summed E-state index contributed by atoms with van der Waals surface area (Å²) in [5.41, 5.74) is 0. The highest BCUT2D eigenvalue weighted by atomic mass is 35.5. The van der Waals surface area contributed by atoms with Gasteiger partial charge in [0.2, 0.25) is 5.28 Å². The normalized spacial score (nSPS) is 23.3. The van der Waals surface area contributed by atoms with E-state index < -0.39 is 0 Å². The predicted octanol–water partition coefficient (Wildman–Crippen LogP) is 3.98. The first-order chi connectivity index (χ1) is 9.17. The van der Waals surface area contributed by atoms with E-state index >= 15 is 0 Å². The molecule has 0 aliphatic heterocycles. The topological polar surface area (TPSA) is 47.9 Å². The Hall–Kier alpha value is -0.550. The van der Waals surface area contributed by atoms with E-state index in [1.165, 1.54) is 25.7 Å². The van der Waals surface area contributed by atoms with Crippen LogP contribution in [0.4, 0.5) is 0 Å². The maximum Gasteiger partial charge on any atom is 0.321 e. The molecule has 106 valence electrons. The van der Waals surface area contributed by atoms with Gasteiger partial charge >= 0.3 is 6.01 Å². The minimum Gasteiger partial charge on any atom is -0.463 e. The summed E-state index contributed by atoms with van der Waals surface area (Å²) in [5, 5.41) is 1.49. The van der Waals surface area contributed by atoms with Crippen LogP contribution >= 0.6 is 23.4 Å². The van der Waals surface area contributed by atoms with E-state index in [4.69, 9.17) is 16.3 Å². The molecule has 1 saturated carbocycles. The highest BCUT2D eigenvalue weighted by Gasteiger charge is 2.21. The minimum absolute atomic E-state index is 0.215. The summed E-state index contributed by atoms with van der Waals surface area (Å²) in [5.74, 6) is 0.791. The molecule has 1 aliphatic rings. The molecule has 1 fully saturated rings. The Morgan fingerprint density at radius 1 is 1.32 bits per heavy atom. The molecule has 0 spiro atoms. The standard InChI is InChI=1S/C13H20ClN3OS/c1-3-7-18-12-15-11(14)16-13(17-12)19-10-6-4-5-9(2)8-10/h9-10H,3-8H2,1-2H3. The molecule has 1 aromatic heterocycles. The Bertz CT molecular complexity index is 419. The van der Waals surface area contributed by atoms with Crippen LogP contribution in [0, 0.1) is 5.92 Å². The average Bonchev–Trinajstić information content (AvgIpc) is 2.35. The smallest absolute Gasteiger partial charge is 0.321 e. The van der Waals surface area contributed by atoms with Gasteiger partial charge in [-0.05, 0) is 36.8 Å². The van der Waals surface area contributed by atoms with Crippen LogP contribution in [-0.4, -0.2) is 26.8 Å². The molecule has 1 aromatic rings. The van der Waals surface area contributed by atoms with Gasteiger partial charge in [-0.2, -0.15) is 15.0 Å². The van der Waals surface area contributed by atoms with Crippen LogP contribution in [0.15, 0.2) is 5.16 Å². The first kappa shape index (κ1) is 14.9. The number of aromatic nitrogens is 3. The van der Waals surface area contributed by atoms with Gasteiger partial charge in [0.1, 0.15) is 0 Å². The zero-order valence-corrected chi connectivity index (χ0v) is 13.0. The van der Waals surface area contributed by atoms with Crippen LogP contribution in [0.5, 0.6) is 6.01 Å². The van der Waals surface area contributed by atoms with Gasteiger partial charge in [0.15, 0.2) is 5.16 Å². The van der Waals surface area contributed by atoms with Crippen molar-refractivity contribution in [3.63, 3.8) is 0 Å². The molecule has 0 radical (unpaired) electrons. The molecular weight excluding hydrogens is 282 g/mol. The zero-order chi connectivity index (χ0) is 13.7. The van der Waals surface area contributed by atoms with Gasteiger partial charge in [-0.15, -0.1) is 0 Å². The van der Waals surface area contributed by atoms with Crippen molar-refractivity contribution < 1.29 is 4.74 Å². The predicted molar refractivity (Wildman–Crippen MR) is 77.9 cm³/mol. The number of hydrogen-bond acceptors (Lipinski definition) is 5. The maximum atomic E-state index is 5.92. The molecule has 4 nitrogen and oxygen atoms in total. The minimum atomic E-state index is 0.215. The van der Waals surface area contributed by atoms with E-state index in [9.17, 15) is 0 Å². The number of hydrogen-bond donors (Lipinski definition) is 0. The number of rotatable bonds is 5. The molecule has 0 bridgehead atoms. The van der Waals surface area contributed by atoms with Crippen molar-refractivity contribution in [2.45, 2.75) is 56.4 Å². The summed E-state index contributed by atoms with van der Waals surface area (Å²) in [4.78, 5) is 12.5. The van der Waals surface area contributed by atoms with Crippen molar-refractivity contribution in [1.29, 1.82) is 0 Å². The molecule has 1 heterocycles. The first-order valence-electron chi connectivity index (χ1n) is 6.88. The van der Waals surface area contributed by atoms with Gasteiger partial charge < -0.3 is 4.74 Å². The second-order valence-electron chi connectivity index (χ2n) is 5.03. The molecule has 0 saturated heterocycles. The van der Waals surface area contributed by atoms with Crippen molar-refractivity contribution in [2.75, 3.05) is 6.61 Å².